The van der Waals surface area contributed by atoms with Crippen LogP contribution >= 0.6 is 11.3 Å². The molecule has 0 aliphatic heterocycles. The minimum atomic E-state index is 0.441. The Bertz CT molecular complexity index is 364. The van der Waals surface area contributed by atoms with E-state index in [0.717, 1.165) is 28.4 Å². The van der Waals surface area contributed by atoms with Crippen molar-refractivity contribution in [3.63, 3.8) is 0 Å². The Morgan fingerprint density at radius 3 is 2.62 bits per heavy atom. The lowest BCUT2D eigenvalue weighted by Gasteiger charge is -2.06. The quantitative estimate of drug-likeness (QED) is 0.764. The number of methoxy groups -OCH3 is 1. The van der Waals surface area contributed by atoms with Crippen molar-refractivity contribution in [2.45, 2.75) is 45.6 Å². The molecular formula is C12H18N2OS. The van der Waals surface area contributed by atoms with Crippen molar-refractivity contribution < 1.29 is 4.74 Å². The molecule has 0 atom stereocenters. The molecule has 0 saturated carbocycles. The Morgan fingerprint density at radius 2 is 2.12 bits per heavy atom. The van der Waals surface area contributed by atoms with Gasteiger partial charge in [-0.15, -0.1) is 11.3 Å². The second kappa shape index (κ2) is 6.62. The highest BCUT2D eigenvalue weighted by Crippen LogP contribution is 2.30. The molecule has 1 aromatic heterocycles. The molecule has 0 aliphatic carbocycles. The van der Waals surface area contributed by atoms with Gasteiger partial charge in [0.15, 0.2) is 0 Å². The molecule has 4 heteroatoms. The van der Waals surface area contributed by atoms with Gasteiger partial charge in [0, 0.05) is 17.9 Å². The molecule has 0 bridgehead atoms. The smallest absolute Gasteiger partial charge is 0.0963 e. The maximum Gasteiger partial charge on any atom is 0.0963 e. The Kier molecular flexibility index (Phi) is 5.44. The zero-order valence-electron chi connectivity index (χ0n) is 10.1. The first-order chi connectivity index (χ1) is 7.76. The van der Waals surface area contributed by atoms with E-state index >= 15 is 0 Å². The topological polar surface area (TPSA) is 45.9 Å². The Labute approximate surface area is 101 Å². The summed E-state index contributed by atoms with van der Waals surface area (Å²) in [7, 11) is 1.66. The summed E-state index contributed by atoms with van der Waals surface area (Å²) < 4.78 is 5.11. The van der Waals surface area contributed by atoms with Gasteiger partial charge < -0.3 is 4.74 Å². The van der Waals surface area contributed by atoms with Crippen molar-refractivity contribution >= 4 is 11.3 Å². The van der Waals surface area contributed by atoms with Crippen molar-refractivity contribution in [3.05, 3.63) is 15.6 Å². The van der Waals surface area contributed by atoms with E-state index < -0.39 is 0 Å². The maximum absolute atomic E-state index is 8.76. The van der Waals surface area contributed by atoms with Crippen LogP contribution in [0, 0.1) is 11.3 Å². The molecule has 16 heavy (non-hydrogen) atoms. The van der Waals surface area contributed by atoms with Gasteiger partial charge in [0.05, 0.1) is 29.8 Å². The lowest BCUT2D eigenvalue weighted by molar-refractivity contribution is 0.181. The summed E-state index contributed by atoms with van der Waals surface area (Å²) in [6.07, 6.45) is 2.64. The van der Waals surface area contributed by atoms with E-state index in [1.807, 2.05) is 0 Å². The molecule has 1 heterocycles. The van der Waals surface area contributed by atoms with Gasteiger partial charge in [-0.25, -0.2) is 4.98 Å². The summed E-state index contributed by atoms with van der Waals surface area (Å²) in [5, 5.41) is 9.92. The summed E-state index contributed by atoms with van der Waals surface area (Å²) in [6.45, 7) is 4.86. The second-order valence-electron chi connectivity index (χ2n) is 3.70. The second-order valence-corrected chi connectivity index (χ2v) is 4.82. The number of ether oxygens (including phenoxy) is 1. The van der Waals surface area contributed by atoms with E-state index in [0.29, 0.717) is 18.9 Å². The van der Waals surface area contributed by atoms with Gasteiger partial charge in [-0.1, -0.05) is 13.8 Å². The predicted molar refractivity (Wildman–Crippen MR) is 65.5 cm³/mol. The molecule has 0 spiro atoms. The summed E-state index contributed by atoms with van der Waals surface area (Å²) in [4.78, 5) is 5.66. The zero-order chi connectivity index (χ0) is 12.0. The Balaban J connectivity index is 2.95. The molecular weight excluding hydrogens is 220 g/mol. The lowest BCUT2D eigenvalue weighted by Crippen LogP contribution is -1.96. The average molecular weight is 238 g/mol. The molecule has 88 valence electrons. The van der Waals surface area contributed by atoms with Gasteiger partial charge >= 0.3 is 0 Å². The summed E-state index contributed by atoms with van der Waals surface area (Å²) in [5.74, 6) is 0.521. The molecule has 3 nitrogen and oxygen atoms in total. The summed E-state index contributed by atoms with van der Waals surface area (Å²) in [5.41, 5.74) is 0.941. The predicted octanol–water partition coefficient (Wildman–Crippen LogP) is 3.26. The first kappa shape index (κ1) is 13.1. The van der Waals surface area contributed by atoms with Gasteiger partial charge in [-0.05, 0) is 12.8 Å². The van der Waals surface area contributed by atoms with Crippen molar-refractivity contribution in [2.24, 2.45) is 0 Å². The molecule has 0 aliphatic rings. The van der Waals surface area contributed by atoms with E-state index in [1.165, 1.54) is 0 Å². The van der Waals surface area contributed by atoms with Crippen LogP contribution in [0.3, 0.4) is 0 Å². The van der Waals surface area contributed by atoms with Crippen molar-refractivity contribution in [1.82, 2.24) is 4.98 Å². The molecule has 0 radical (unpaired) electrons. The van der Waals surface area contributed by atoms with Crippen molar-refractivity contribution in [1.29, 1.82) is 5.26 Å². The third-order valence-corrected chi connectivity index (χ3v) is 3.91. The van der Waals surface area contributed by atoms with Crippen LogP contribution in [0.4, 0.5) is 0 Å². The van der Waals surface area contributed by atoms with Crippen LogP contribution in [-0.2, 0) is 17.8 Å². The molecule has 0 fully saturated rings. The summed E-state index contributed by atoms with van der Waals surface area (Å²) in [6, 6.07) is 2.19. The number of rotatable bonds is 6. The third-order valence-electron chi connectivity index (χ3n) is 2.65. The molecule has 0 N–H and O–H groups in total. The molecule has 0 unspecified atom stereocenters. The number of nitriles is 1. The maximum atomic E-state index is 8.76. The van der Waals surface area contributed by atoms with E-state index in [2.05, 4.69) is 24.9 Å². The highest BCUT2D eigenvalue weighted by Gasteiger charge is 2.16. The Morgan fingerprint density at radius 1 is 1.44 bits per heavy atom. The highest BCUT2D eigenvalue weighted by molar-refractivity contribution is 7.11. The van der Waals surface area contributed by atoms with Crippen LogP contribution in [0.2, 0.25) is 0 Å². The van der Waals surface area contributed by atoms with Crippen LogP contribution in [0.5, 0.6) is 0 Å². The van der Waals surface area contributed by atoms with Crippen LogP contribution in [0.1, 0.15) is 48.2 Å². The normalized spacial score (nSPS) is 10.7. The van der Waals surface area contributed by atoms with Crippen LogP contribution in [-0.4, -0.2) is 12.1 Å². The largest absolute Gasteiger partial charge is 0.378 e. The minimum Gasteiger partial charge on any atom is -0.378 e. The Hall–Kier alpha value is -0.920. The van der Waals surface area contributed by atoms with E-state index in [4.69, 9.17) is 10.00 Å². The zero-order valence-corrected chi connectivity index (χ0v) is 10.9. The van der Waals surface area contributed by atoms with Crippen LogP contribution in [0.25, 0.3) is 0 Å². The van der Waals surface area contributed by atoms with Gasteiger partial charge in [-0.3, -0.25) is 0 Å². The fraction of sp³-hybridized carbons (Fsp3) is 0.667. The number of thiazole rings is 1. The average Bonchev–Trinajstić information content (AvgIpc) is 2.65. The SMILES string of the molecule is CCC(CC)c1nc(COC)c(CC#N)s1. The van der Waals surface area contributed by atoms with Crippen molar-refractivity contribution in [3.8, 4) is 6.07 Å². The standard InChI is InChI=1S/C12H18N2OS/c1-4-9(5-2)12-14-10(8-15-3)11(16-12)6-7-13/h9H,4-6,8H2,1-3H3. The number of hydrogen-bond acceptors (Lipinski definition) is 4. The first-order valence-electron chi connectivity index (χ1n) is 5.61. The fourth-order valence-electron chi connectivity index (χ4n) is 1.68. The number of nitrogens with zero attached hydrogens (tertiary/aromatic N) is 2. The molecule has 0 saturated heterocycles. The molecule has 0 aromatic carbocycles. The highest BCUT2D eigenvalue weighted by atomic mass is 32.1. The van der Waals surface area contributed by atoms with E-state index in [1.54, 1.807) is 18.4 Å². The van der Waals surface area contributed by atoms with Crippen LogP contribution < -0.4 is 0 Å². The molecule has 0 amide bonds. The lowest BCUT2D eigenvalue weighted by atomic mass is 10.1. The first-order valence-corrected chi connectivity index (χ1v) is 6.42. The summed E-state index contributed by atoms with van der Waals surface area (Å²) >= 11 is 1.67. The van der Waals surface area contributed by atoms with Crippen molar-refractivity contribution in [2.75, 3.05) is 7.11 Å². The van der Waals surface area contributed by atoms with Gasteiger partial charge in [-0.2, -0.15) is 5.26 Å². The van der Waals surface area contributed by atoms with Gasteiger partial charge in [0.25, 0.3) is 0 Å². The minimum absolute atomic E-state index is 0.441. The van der Waals surface area contributed by atoms with E-state index in [9.17, 15) is 0 Å². The van der Waals surface area contributed by atoms with Gasteiger partial charge in [0.1, 0.15) is 0 Å². The third kappa shape index (κ3) is 3.03. The monoisotopic (exact) mass is 238 g/mol. The number of hydrogen-bond donors (Lipinski definition) is 0. The fourth-order valence-corrected chi connectivity index (χ4v) is 2.94. The molecule has 1 rings (SSSR count). The van der Waals surface area contributed by atoms with E-state index in [-0.39, 0.29) is 0 Å². The van der Waals surface area contributed by atoms with Gasteiger partial charge in [0.2, 0.25) is 0 Å². The molecule has 1 aromatic rings. The van der Waals surface area contributed by atoms with Crippen LogP contribution in [0.15, 0.2) is 0 Å². The number of aromatic nitrogens is 1.